The van der Waals surface area contributed by atoms with Crippen LogP contribution in [0, 0.1) is 11.7 Å². The number of hydrogen-bond acceptors (Lipinski definition) is 2. The number of carbonyl (C=O) groups excluding carboxylic acids is 1. The van der Waals surface area contributed by atoms with Crippen molar-refractivity contribution in [2.24, 2.45) is 5.92 Å². The first kappa shape index (κ1) is 21.6. The highest BCUT2D eigenvalue weighted by Gasteiger charge is 2.26. The van der Waals surface area contributed by atoms with Gasteiger partial charge in [0.15, 0.2) is 6.54 Å². The molecule has 5 nitrogen and oxygen atoms in total. The molecule has 0 spiro atoms. The van der Waals surface area contributed by atoms with E-state index in [9.17, 15) is 9.18 Å². The maximum Gasteiger partial charge on any atom is 0.275 e. The van der Waals surface area contributed by atoms with Crippen molar-refractivity contribution in [1.82, 2.24) is 5.32 Å². The number of hydrogen-bond donors (Lipinski definition) is 3. The molecule has 1 heterocycles. The molecule has 1 aromatic carbocycles. The van der Waals surface area contributed by atoms with E-state index < -0.39 is 0 Å². The Labute approximate surface area is 162 Å². The van der Waals surface area contributed by atoms with Gasteiger partial charge in [0.05, 0.1) is 12.7 Å². The van der Waals surface area contributed by atoms with Crippen LogP contribution in [0.3, 0.4) is 0 Å². The first-order valence-corrected chi connectivity index (χ1v) is 10.2. The fourth-order valence-corrected chi connectivity index (χ4v) is 3.67. The van der Waals surface area contributed by atoms with E-state index in [1.807, 2.05) is 0 Å². The largest absolute Gasteiger partial charge is 0.496 e. The van der Waals surface area contributed by atoms with Gasteiger partial charge in [0.1, 0.15) is 44.3 Å². The predicted molar refractivity (Wildman–Crippen MR) is 105 cm³/mol. The van der Waals surface area contributed by atoms with Crippen LogP contribution in [0.2, 0.25) is 0 Å². The molecule has 1 aliphatic rings. The van der Waals surface area contributed by atoms with Crippen molar-refractivity contribution in [3.8, 4) is 5.75 Å². The molecule has 1 fully saturated rings. The summed E-state index contributed by atoms with van der Waals surface area (Å²) in [5.41, 5.74) is 0.910. The molecule has 2 rings (SSSR count). The van der Waals surface area contributed by atoms with E-state index in [4.69, 9.17) is 4.74 Å². The Morgan fingerprint density at radius 3 is 2.44 bits per heavy atom. The number of nitrogens with one attached hydrogen (secondary N) is 3. The lowest BCUT2D eigenvalue weighted by molar-refractivity contribution is -1.02. The monoisotopic (exact) mass is 381 g/mol. The Morgan fingerprint density at radius 1 is 1.15 bits per heavy atom. The predicted octanol–water partition coefficient (Wildman–Crippen LogP) is 0.0586. The van der Waals surface area contributed by atoms with Crippen molar-refractivity contribution in [3.63, 3.8) is 0 Å². The van der Waals surface area contributed by atoms with E-state index in [0.717, 1.165) is 56.9 Å². The second-order valence-corrected chi connectivity index (χ2v) is 8.25. The molecule has 0 bridgehead atoms. The smallest absolute Gasteiger partial charge is 0.275 e. The van der Waals surface area contributed by atoms with Crippen LogP contribution in [-0.2, 0) is 11.3 Å². The molecule has 0 radical (unpaired) electrons. The molecule has 0 aliphatic carbocycles. The normalized spacial score (nSPS) is 21.1. The van der Waals surface area contributed by atoms with E-state index in [1.54, 1.807) is 19.2 Å². The fraction of sp³-hybridized carbons (Fsp3) is 0.667. The summed E-state index contributed by atoms with van der Waals surface area (Å²) in [6, 6.07) is 4.93. The Bertz CT molecular complexity index is 601. The molecule has 27 heavy (non-hydrogen) atoms. The summed E-state index contributed by atoms with van der Waals surface area (Å²) in [5, 5.41) is 3.13. The van der Waals surface area contributed by atoms with Crippen LogP contribution in [0.4, 0.5) is 4.39 Å². The zero-order valence-electron chi connectivity index (χ0n) is 17.2. The topological polar surface area (TPSA) is 47.2 Å². The highest BCUT2D eigenvalue weighted by molar-refractivity contribution is 5.77. The van der Waals surface area contributed by atoms with Crippen LogP contribution in [-0.4, -0.2) is 51.8 Å². The van der Waals surface area contributed by atoms with Crippen LogP contribution in [0.25, 0.3) is 0 Å². The number of carbonyl (C=O) groups is 1. The van der Waals surface area contributed by atoms with Gasteiger partial charge < -0.3 is 19.9 Å². The third-order valence-electron chi connectivity index (χ3n) is 5.34. The zero-order valence-corrected chi connectivity index (χ0v) is 17.2. The van der Waals surface area contributed by atoms with E-state index in [0.29, 0.717) is 12.5 Å². The highest BCUT2D eigenvalue weighted by atomic mass is 19.1. The third-order valence-corrected chi connectivity index (χ3v) is 5.34. The Morgan fingerprint density at radius 2 is 1.81 bits per heavy atom. The average Bonchev–Trinajstić information content (AvgIpc) is 2.62. The summed E-state index contributed by atoms with van der Waals surface area (Å²) < 4.78 is 18.9. The lowest BCUT2D eigenvalue weighted by atomic mass is 10.0. The Balaban J connectivity index is 1.74. The van der Waals surface area contributed by atoms with Crippen LogP contribution < -0.4 is 19.9 Å². The van der Waals surface area contributed by atoms with Gasteiger partial charge in [-0.3, -0.25) is 4.79 Å². The quantitative estimate of drug-likeness (QED) is 0.567. The van der Waals surface area contributed by atoms with Crippen molar-refractivity contribution in [2.75, 3.05) is 39.8 Å². The van der Waals surface area contributed by atoms with Gasteiger partial charge in [-0.2, -0.15) is 0 Å². The van der Waals surface area contributed by atoms with Gasteiger partial charge in [0, 0.05) is 6.04 Å². The molecule has 1 atom stereocenters. The Kier molecular flexibility index (Phi) is 8.51. The third kappa shape index (κ3) is 7.46. The molecule has 0 saturated carbocycles. The molecule has 1 aromatic rings. The lowest BCUT2D eigenvalue weighted by Crippen LogP contribution is -3.28. The number of amides is 1. The zero-order chi connectivity index (χ0) is 19.8. The number of halogens is 1. The summed E-state index contributed by atoms with van der Waals surface area (Å²) in [4.78, 5) is 15.0. The van der Waals surface area contributed by atoms with Crippen molar-refractivity contribution in [3.05, 3.63) is 29.6 Å². The van der Waals surface area contributed by atoms with E-state index in [1.165, 1.54) is 15.9 Å². The van der Waals surface area contributed by atoms with Crippen molar-refractivity contribution in [2.45, 2.75) is 46.2 Å². The molecule has 152 valence electrons. The van der Waals surface area contributed by atoms with E-state index in [2.05, 4.69) is 26.1 Å². The van der Waals surface area contributed by atoms with Gasteiger partial charge in [-0.1, -0.05) is 13.8 Å². The summed E-state index contributed by atoms with van der Waals surface area (Å²) in [6.07, 6.45) is 2.17. The van der Waals surface area contributed by atoms with Crippen molar-refractivity contribution in [1.29, 1.82) is 0 Å². The van der Waals surface area contributed by atoms with Gasteiger partial charge in [-0.05, 0) is 43.9 Å². The molecule has 0 unspecified atom stereocenters. The Hall–Kier alpha value is -1.66. The standard InChI is InChI=1S/C21H34FN3O2/c1-16(2)5-6-17(3)23-21(26)15-25-11-9-24(10-12-25)14-18-13-19(22)7-8-20(18)27-4/h7-8,13,16-17H,5-6,9-12,14-15H2,1-4H3,(H,23,26)/p+2/t17-/m1/s1. The number of benzene rings is 1. The highest BCUT2D eigenvalue weighted by Crippen LogP contribution is 2.18. The molecule has 3 N–H and O–H groups in total. The van der Waals surface area contributed by atoms with Crippen LogP contribution in [0.1, 0.15) is 39.2 Å². The SMILES string of the molecule is COc1ccc(F)cc1C[NH+]1CC[NH+](CC(=O)N[C@H](C)CCC(C)C)CC1. The summed E-state index contributed by atoms with van der Waals surface area (Å²) in [7, 11) is 1.62. The van der Waals surface area contributed by atoms with Crippen molar-refractivity contribution >= 4 is 5.91 Å². The minimum Gasteiger partial charge on any atom is -0.496 e. The van der Waals surface area contributed by atoms with Crippen LogP contribution in [0.5, 0.6) is 5.75 Å². The summed E-state index contributed by atoms with van der Waals surface area (Å²) in [5.74, 6) is 1.34. The van der Waals surface area contributed by atoms with E-state index >= 15 is 0 Å². The molecule has 6 heteroatoms. The first-order valence-electron chi connectivity index (χ1n) is 10.2. The number of rotatable bonds is 9. The second kappa shape index (κ2) is 10.6. The van der Waals surface area contributed by atoms with Crippen LogP contribution in [0.15, 0.2) is 18.2 Å². The van der Waals surface area contributed by atoms with Gasteiger partial charge in [-0.25, -0.2) is 4.39 Å². The minimum atomic E-state index is -0.224. The second-order valence-electron chi connectivity index (χ2n) is 8.25. The number of quaternary nitrogens is 2. The molecule has 1 saturated heterocycles. The van der Waals surface area contributed by atoms with Crippen molar-refractivity contribution < 1.29 is 23.7 Å². The molecule has 0 aromatic heterocycles. The fourth-order valence-electron chi connectivity index (χ4n) is 3.67. The van der Waals surface area contributed by atoms with Crippen LogP contribution >= 0.6 is 0 Å². The number of methoxy groups -OCH3 is 1. The minimum absolute atomic E-state index is 0.150. The summed E-state index contributed by atoms with van der Waals surface area (Å²) >= 11 is 0. The van der Waals surface area contributed by atoms with Gasteiger partial charge in [-0.15, -0.1) is 0 Å². The maximum atomic E-state index is 13.5. The van der Waals surface area contributed by atoms with E-state index in [-0.39, 0.29) is 17.8 Å². The van der Waals surface area contributed by atoms with Gasteiger partial charge >= 0.3 is 0 Å². The van der Waals surface area contributed by atoms with Gasteiger partial charge in [0.2, 0.25) is 0 Å². The number of piperazine rings is 1. The lowest BCUT2D eigenvalue weighted by Gasteiger charge is -2.30. The summed E-state index contributed by atoms with van der Waals surface area (Å²) in [6.45, 7) is 11.7. The number of ether oxygens (including phenoxy) is 1. The molecular formula is C21H36FN3O2+2. The van der Waals surface area contributed by atoms with Gasteiger partial charge in [0.25, 0.3) is 5.91 Å². The molecular weight excluding hydrogens is 345 g/mol. The first-order chi connectivity index (χ1) is 12.9. The molecule has 1 amide bonds. The maximum absolute atomic E-state index is 13.5. The average molecular weight is 382 g/mol. The molecule has 1 aliphatic heterocycles.